The number of urea groups is 1. The maximum absolute atomic E-state index is 11.9. The van der Waals surface area contributed by atoms with E-state index in [1.165, 1.54) is 33.4 Å². The molecule has 6 nitrogen and oxygen atoms in total. The Kier molecular flexibility index (Phi) is 5.46. The largest absolute Gasteiger partial charge is 0.351 e. The Morgan fingerprint density at radius 2 is 1.97 bits per heavy atom. The molecule has 154 valence electrons. The van der Waals surface area contributed by atoms with Crippen LogP contribution in [0.15, 0.2) is 29.2 Å². The second kappa shape index (κ2) is 7.89. The van der Waals surface area contributed by atoms with Gasteiger partial charge in [-0.2, -0.15) is 0 Å². The summed E-state index contributed by atoms with van der Waals surface area (Å²) in [7, 11) is 2.58. The van der Waals surface area contributed by atoms with Crippen molar-refractivity contribution in [2.45, 2.75) is 49.5 Å². The minimum Gasteiger partial charge on any atom is -0.351 e. The van der Waals surface area contributed by atoms with Crippen LogP contribution in [0, 0.1) is 0 Å². The lowest BCUT2D eigenvalue weighted by atomic mass is 9.91. The van der Waals surface area contributed by atoms with Crippen LogP contribution in [0.4, 0.5) is 10.5 Å². The number of nitrogens with two attached hydrogens (primary N) is 2. The molecule has 0 heterocycles. The van der Waals surface area contributed by atoms with Gasteiger partial charge < -0.3 is 16.0 Å². The minimum absolute atomic E-state index is 0.263. The Bertz CT molecular complexity index is 1000. The number of rotatable bonds is 5. The summed E-state index contributed by atoms with van der Waals surface area (Å²) < 4.78 is 11.9. The number of fused-ring (bicyclic) bond motifs is 2. The Morgan fingerprint density at radius 1 is 1.17 bits per heavy atom. The number of anilines is 1. The molecule has 0 saturated heterocycles. The molecule has 5 N–H and O–H groups in total. The van der Waals surface area contributed by atoms with Crippen LogP contribution < -0.4 is 16.2 Å². The van der Waals surface area contributed by atoms with E-state index < -0.39 is 17.0 Å². The number of benzene rings is 2. The number of hydrogen-bond acceptors (Lipinski definition) is 3. The number of carbonyl (C=O) groups excluding carboxylic acids is 1. The predicted molar refractivity (Wildman–Crippen MR) is 116 cm³/mol. The highest BCUT2D eigenvalue weighted by atomic mass is 32.2. The summed E-state index contributed by atoms with van der Waals surface area (Å²) in [5, 5.41) is 8.58. The van der Waals surface area contributed by atoms with Crippen LogP contribution in [0.2, 0.25) is 0 Å². The molecule has 4 rings (SSSR count). The van der Waals surface area contributed by atoms with E-state index in [0.29, 0.717) is 4.90 Å². The zero-order valence-corrected chi connectivity index (χ0v) is 17.8. The summed E-state index contributed by atoms with van der Waals surface area (Å²) in [6.45, 7) is 0.808. The van der Waals surface area contributed by atoms with Crippen molar-refractivity contribution in [1.29, 1.82) is 0 Å². The quantitative estimate of drug-likeness (QED) is 0.703. The Balaban J connectivity index is 1.75. The van der Waals surface area contributed by atoms with Gasteiger partial charge in [-0.1, -0.05) is 12.1 Å². The first kappa shape index (κ1) is 20.1. The molecule has 2 aliphatic rings. The van der Waals surface area contributed by atoms with E-state index in [1.54, 1.807) is 0 Å². The van der Waals surface area contributed by atoms with Crippen molar-refractivity contribution in [2.75, 3.05) is 19.4 Å². The van der Waals surface area contributed by atoms with E-state index in [0.717, 1.165) is 44.3 Å². The molecule has 0 fully saturated rings. The highest BCUT2D eigenvalue weighted by Crippen LogP contribution is 2.44. The third-order valence-electron chi connectivity index (χ3n) is 6.04. The number of amides is 2. The molecule has 2 aromatic rings. The van der Waals surface area contributed by atoms with Crippen LogP contribution >= 0.6 is 0 Å². The molecule has 0 aromatic heterocycles. The molecule has 7 heteroatoms. The number of nitrogens with one attached hydrogen (secondary N) is 1. The van der Waals surface area contributed by atoms with Crippen molar-refractivity contribution in [3.05, 3.63) is 57.6 Å². The van der Waals surface area contributed by atoms with Crippen LogP contribution in [-0.4, -0.2) is 29.2 Å². The zero-order valence-electron chi connectivity index (χ0n) is 17.0. The van der Waals surface area contributed by atoms with Gasteiger partial charge in [0.15, 0.2) is 0 Å². The van der Waals surface area contributed by atoms with Gasteiger partial charge in [0.1, 0.15) is 11.0 Å². The van der Waals surface area contributed by atoms with E-state index in [9.17, 15) is 9.00 Å². The number of carbonyl (C=O) groups is 1. The van der Waals surface area contributed by atoms with Crippen molar-refractivity contribution in [3.63, 3.8) is 0 Å². The molecular weight excluding hydrogens is 384 g/mol. The highest BCUT2D eigenvalue weighted by Gasteiger charge is 2.31. The molecule has 29 heavy (non-hydrogen) atoms. The lowest BCUT2D eigenvalue weighted by Crippen LogP contribution is -2.21. The number of aryl methyl sites for hydroxylation is 1. The normalized spacial score (nSPS) is 18.6. The second-order valence-corrected chi connectivity index (χ2v) is 9.44. The molecule has 0 bridgehead atoms. The van der Waals surface area contributed by atoms with Gasteiger partial charge >= 0.3 is 6.03 Å². The molecule has 0 radical (unpaired) electrons. The van der Waals surface area contributed by atoms with Crippen molar-refractivity contribution < 1.29 is 9.00 Å². The van der Waals surface area contributed by atoms with Crippen molar-refractivity contribution >= 4 is 22.7 Å². The van der Waals surface area contributed by atoms with E-state index in [1.807, 2.05) is 32.3 Å². The lowest BCUT2D eigenvalue weighted by molar-refractivity contribution is 0.259. The monoisotopic (exact) mass is 412 g/mol. The summed E-state index contributed by atoms with van der Waals surface area (Å²) in [4.78, 5) is 14.5. The molecule has 2 aromatic carbocycles. The summed E-state index contributed by atoms with van der Waals surface area (Å²) in [5.41, 5.74) is 13.9. The van der Waals surface area contributed by atoms with Crippen LogP contribution in [0.25, 0.3) is 0 Å². The van der Waals surface area contributed by atoms with Crippen molar-refractivity contribution in [1.82, 2.24) is 4.90 Å². The van der Waals surface area contributed by atoms with Gasteiger partial charge in [-0.15, -0.1) is 0 Å². The fourth-order valence-corrected chi connectivity index (χ4v) is 5.35. The topological polar surface area (TPSA) is 101 Å². The van der Waals surface area contributed by atoms with Crippen LogP contribution in [-0.2, 0) is 43.2 Å². The minimum atomic E-state index is -1.51. The highest BCUT2D eigenvalue weighted by molar-refractivity contribution is 7.82. The summed E-state index contributed by atoms with van der Waals surface area (Å²) in [6.07, 6.45) is 4.88. The average molecular weight is 413 g/mol. The van der Waals surface area contributed by atoms with Gasteiger partial charge in [-0.3, -0.25) is 0 Å². The molecular formula is C22H28N4O2S. The average Bonchev–Trinajstić information content (AvgIpc) is 3.27. The molecule has 2 atom stereocenters. The smallest absolute Gasteiger partial charge is 0.316 e. The molecule has 2 unspecified atom stereocenters. The van der Waals surface area contributed by atoms with Crippen LogP contribution in [0.1, 0.15) is 45.7 Å². The maximum atomic E-state index is 11.9. The summed E-state index contributed by atoms with van der Waals surface area (Å²) >= 11 is 0. The van der Waals surface area contributed by atoms with Crippen LogP contribution in [0.5, 0.6) is 0 Å². The standard InChI is InChI=1S/C22H28N4O2S/c1-26(2)12-14-6-7-17(29(24)28)11-19(14)16-9-15-8-13-4-3-5-18(13)21(20(15)10-16)25-22(23)27/h6-8,11,16H,3-5,9-10,12,24H2,1-2H3,(H3,23,25,27). The Labute approximate surface area is 174 Å². The molecule has 0 saturated carbocycles. The van der Waals surface area contributed by atoms with Gasteiger partial charge in [0.05, 0.1) is 4.90 Å². The van der Waals surface area contributed by atoms with Crippen molar-refractivity contribution in [2.24, 2.45) is 10.9 Å². The number of nitrogens with zero attached hydrogens (tertiary/aromatic N) is 1. The van der Waals surface area contributed by atoms with Gasteiger partial charge in [-0.25, -0.2) is 14.1 Å². The number of primary amides is 1. The lowest BCUT2D eigenvalue weighted by Gasteiger charge is -2.19. The summed E-state index contributed by atoms with van der Waals surface area (Å²) in [6, 6.07) is 7.71. The van der Waals surface area contributed by atoms with Gasteiger partial charge in [0.2, 0.25) is 0 Å². The van der Waals surface area contributed by atoms with Gasteiger partial charge in [0, 0.05) is 12.2 Å². The third kappa shape index (κ3) is 3.95. The van der Waals surface area contributed by atoms with E-state index in [4.69, 9.17) is 10.9 Å². The third-order valence-corrected chi connectivity index (χ3v) is 6.76. The maximum Gasteiger partial charge on any atom is 0.316 e. The van der Waals surface area contributed by atoms with Crippen LogP contribution in [0.3, 0.4) is 0 Å². The molecule has 0 spiro atoms. The Hall–Kier alpha value is -2.22. The SMILES string of the molecule is CN(C)Cc1ccc(S(N)=O)cc1C1Cc2cc3c(c(NC(N)=O)c2C1)CCC3. The number of hydrogen-bond donors (Lipinski definition) is 3. The first-order valence-corrected chi connectivity index (χ1v) is 11.2. The van der Waals surface area contributed by atoms with E-state index >= 15 is 0 Å². The molecule has 2 amide bonds. The molecule has 0 aliphatic heterocycles. The first-order chi connectivity index (χ1) is 13.8. The van der Waals surface area contributed by atoms with Gasteiger partial charge in [0.25, 0.3) is 0 Å². The van der Waals surface area contributed by atoms with E-state index in [-0.39, 0.29) is 5.92 Å². The zero-order chi connectivity index (χ0) is 20.7. The fraction of sp³-hybridized carbons (Fsp3) is 0.409. The predicted octanol–water partition coefficient (Wildman–Crippen LogP) is 2.59. The fourth-order valence-electron chi connectivity index (χ4n) is 4.91. The second-order valence-electron chi connectivity index (χ2n) is 8.37. The van der Waals surface area contributed by atoms with Crippen molar-refractivity contribution in [3.8, 4) is 0 Å². The first-order valence-electron chi connectivity index (χ1n) is 10.00. The molecule has 2 aliphatic carbocycles. The van der Waals surface area contributed by atoms with E-state index in [2.05, 4.69) is 16.3 Å². The summed E-state index contributed by atoms with van der Waals surface area (Å²) in [5.74, 6) is 0.263. The Morgan fingerprint density at radius 3 is 2.66 bits per heavy atom. The van der Waals surface area contributed by atoms with Gasteiger partial charge in [-0.05, 0) is 97.6 Å².